The van der Waals surface area contributed by atoms with Gasteiger partial charge in [-0.05, 0) is 32.1 Å². The van der Waals surface area contributed by atoms with Crippen LogP contribution < -0.4 is 5.32 Å². The second-order valence-corrected chi connectivity index (χ2v) is 6.56. The summed E-state index contributed by atoms with van der Waals surface area (Å²) in [6.07, 6.45) is 0. The van der Waals surface area contributed by atoms with Crippen LogP contribution in [0.15, 0.2) is 0 Å². The Morgan fingerprint density at radius 3 is 2.00 bits per heavy atom. The molecule has 0 radical (unpaired) electrons. The van der Waals surface area contributed by atoms with Crippen molar-refractivity contribution < 1.29 is 14.7 Å². The lowest BCUT2D eigenvalue weighted by Gasteiger charge is -2.35. The minimum absolute atomic E-state index is 0.104. The van der Waals surface area contributed by atoms with Crippen molar-refractivity contribution >= 4 is 12.0 Å². The molecule has 0 spiro atoms. The van der Waals surface area contributed by atoms with Crippen molar-refractivity contribution in [3.63, 3.8) is 0 Å². The Morgan fingerprint density at radius 1 is 1.21 bits per heavy atom. The lowest BCUT2D eigenvalue weighted by atomic mass is 9.82. The molecule has 2 amide bonds. The van der Waals surface area contributed by atoms with Crippen LogP contribution in [0.4, 0.5) is 4.79 Å². The first kappa shape index (κ1) is 17.7. The quantitative estimate of drug-likeness (QED) is 0.808. The zero-order chi connectivity index (χ0) is 15.4. The van der Waals surface area contributed by atoms with E-state index in [4.69, 9.17) is 0 Å². The molecule has 0 aromatic rings. The van der Waals surface area contributed by atoms with Gasteiger partial charge in [0.15, 0.2) is 0 Å². The lowest BCUT2D eigenvalue weighted by molar-refractivity contribution is -0.147. The van der Waals surface area contributed by atoms with Crippen LogP contribution >= 0.6 is 0 Å². The number of amides is 2. The van der Waals surface area contributed by atoms with Gasteiger partial charge in [0.2, 0.25) is 0 Å². The number of carbonyl (C=O) groups excluding carboxylic acids is 1. The number of aliphatic carboxylic acids is 1. The largest absolute Gasteiger partial charge is 0.480 e. The number of carboxylic acid groups (broad SMARTS) is 1. The molecule has 0 bridgehead atoms. The number of hydrogen-bond acceptors (Lipinski definition) is 2. The highest BCUT2D eigenvalue weighted by atomic mass is 16.4. The van der Waals surface area contributed by atoms with Gasteiger partial charge in [-0.2, -0.15) is 0 Å². The zero-order valence-corrected chi connectivity index (χ0v) is 13.2. The number of nitrogens with one attached hydrogen (secondary N) is 1. The predicted molar refractivity (Wildman–Crippen MR) is 76.1 cm³/mol. The van der Waals surface area contributed by atoms with Crippen molar-refractivity contribution in [2.24, 2.45) is 11.3 Å². The summed E-state index contributed by atoms with van der Waals surface area (Å²) in [5.74, 6) is -0.698. The van der Waals surface area contributed by atoms with Gasteiger partial charge >= 0.3 is 12.0 Å². The van der Waals surface area contributed by atoms with Crippen molar-refractivity contribution in [2.45, 2.75) is 54.0 Å². The van der Waals surface area contributed by atoms with Crippen LogP contribution in [-0.2, 0) is 4.79 Å². The van der Waals surface area contributed by atoms with Gasteiger partial charge in [-0.3, -0.25) is 0 Å². The Morgan fingerprint density at radius 2 is 1.68 bits per heavy atom. The molecular weight excluding hydrogens is 244 g/mol. The third-order valence-electron chi connectivity index (χ3n) is 3.80. The van der Waals surface area contributed by atoms with Crippen LogP contribution in [0.3, 0.4) is 0 Å². The number of nitrogens with zero attached hydrogens (tertiary/aromatic N) is 1. The van der Waals surface area contributed by atoms with Crippen LogP contribution in [-0.4, -0.2) is 40.6 Å². The highest BCUT2D eigenvalue weighted by molar-refractivity contribution is 5.85. The van der Waals surface area contributed by atoms with E-state index in [1.165, 1.54) is 18.7 Å². The van der Waals surface area contributed by atoms with Gasteiger partial charge in [0.1, 0.15) is 5.54 Å². The van der Waals surface area contributed by atoms with Crippen molar-refractivity contribution in [3.05, 3.63) is 0 Å². The smallest absolute Gasteiger partial charge is 0.329 e. The second-order valence-electron chi connectivity index (χ2n) is 6.56. The minimum Gasteiger partial charge on any atom is -0.480 e. The van der Waals surface area contributed by atoms with Gasteiger partial charge in [0, 0.05) is 13.1 Å². The Hall–Kier alpha value is -1.26. The molecule has 0 aromatic carbocycles. The summed E-state index contributed by atoms with van der Waals surface area (Å²) in [5.41, 5.74) is -1.10. The summed E-state index contributed by atoms with van der Waals surface area (Å²) in [5, 5.41) is 12.0. The normalized spacial score (nSPS) is 13.8. The van der Waals surface area contributed by atoms with Gasteiger partial charge in [-0.15, -0.1) is 0 Å². The van der Waals surface area contributed by atoms with Gasteiger partial charge in [0.25, 0.3) is 0 Å². The topological polar surface area (TPSA) is 69.6 Å². The highest BCUT2D eigenvalue weighted by Gasteiger charge is 2.37. The summed E-state index contributed by atoms with van der Waals surface area (Å²) < 4.78 is 0. The maximum absolute atomic E-state index is 12.1. The summed E-state index contributed by atoms with van der Waals surface area (Å²) in [6, 6.07) is -0.328. The number of hydrogen-bond donors (Lipinski definition) is 2. The Labute approximate surface area is 116 Å². The minimum atomic E-state index is -1.20. The van der Waals surface area contributed by atoms with E-state index in [0.717, 1.165) is 0 Å². The number of urea groups is 1. The molecule has 0 saturated carbocycles. The predicted octanol–water partition coefficient (Wildman–Crippen LogP) is 2.56. The molecule has 0 aliphatic carbocycles. The number of likely N-dealkylation sites (N-methyl/N-ethyl adjacent to an activating group) is 1. The SMILES string of the molecule is CCN(C(=O)NCC(C)C(C)(C)C)C(C)(C)C(=O)O. The van der Waals surface area contributed by atoms with Gasteiger partial charge in [0.05, 0.1) is 0 Å². The van der Waals surface area contributed by atoms with Crippen LogP contribution in [0, 0.1) is 11.3 Å². The maximum atomic E-state index is 12.1. The van der Waals surface area contributed by atoms with E-state index in [1.807, 2.05) is 0 Å². The van der Waals surface area contributed by atoms with Crippen molar-refractivity contribution in [2.75, 3.05) is 13.1 Å². The average molecular weight is 272 g/mol. The molecule has 1 unspecified atom stereocenters. The van der Waals surface area contributed by atoms with Crippen LogP contribution in [0.25, 0.3) is 0 Å². The molecule has 2 N–H and O–H groups in total. The maximum Gasteiger partial charge on any atom is 0.329 e. The van der Waals surface area contributed by atoms with E-state index in [1.54, 1.807) is 6.92 Å². The first-order valence-electron chi connectivity index (χ1n) is 6.73. The number of rotatable bonds is 5. The third-order valence-corrected chi connectivity index (χ3v) is 3.80. The fourth-order valence-corrected chi connectivity index (χ4v) is 1.55. The van der Waals surface area contributed by atoms with Crippen molar-refractivity contribution in [3.8, 4) is 0 Å². The van der Waals surface area contributed by atoms with Gasteiger partial charge in [-0.25, -0.2) is 9.59 Å². The average Bonchev–Trinajstić information content (AvgIpc) is 2.24. The lowest BCUT2D eigenvalue weighted by Crippen LogP contribution is -2.56. The van der Waals surface area contributed by atoms with E-state index in [9.17, 15) is 14.7 Å². The Balaban J connectivity index is 4.68. The van der Waals surface area contributed by atoms with E-state index in [-0.39, 0.29) is 11.4 Å². The molecule has 0 aliphatic rings. The fourth-order valence-electron chi connectivity index (χ4n) is 1.55. The first-order chi connectivity index (χ1) is 8.44. The molecule has 0 aliphatic heterocycles. The van der Waals surface area contributed by atoms with Crippen LogP contribution in [0.2, 0.25) is 0 Å². The first-order valence-corrected chi connectivity index (χ1v) is 6.73. The molecule has 5 heteroatoms. The standard InChI is InChI=1S/C14H28N2O3/c1-8-16(14(6,7)11(17)18)12(19)15-9-10(2)13(3,4)5/h10H,8-9H2,1-7H3,(H,15,19)(H,17,18). The number of carboxylic acids is 1. The molecular formula is C14H28N2O3. The molecule has 0 saturated heterocycles. The van der Waals surface area contributed by atoms with Crippen molar-refractivity contribution in [1.29, 1.82) is 0 Å². The van der Waals surface area contributed by atoms with Crippen LogP contribution in [0.1, 0.15) is 48.5 Å². The summed E-state index contributed by atoms with van der Waals surface area (Å²) in [7, 11) is 0. The molecule has 5 nitrogen and oxygen atoms in total. The van der Waals surface area contributed by atoms with Gasteiger partial charge < -0.3 is 15.3 Å². The molecule has 112 valence electrons. The van der Waals surface area contributed by atoms with Crippen molar-refractivity contribution in [1.82, 2.24) is 10.2 Å². The van der Waals surface area contributed by atoms with E-state index < -0.39 is 11.5 Å². The highest BCUT2D eigenvalue weighted by Crippen LogP contribution is 2.24. The summed E-state index contributed by atoms with van der Waals surface area (Å²) >= 11 is 0. The molecule has 1 atom stereocenters. The van der Waals surface area contributed by atoms with E-state index >= 15 is 0 Å². The Kier molecular flexibility index (Phi) is 5.84. The molecule has 0 aromatic heterocycles. The van der Waals surface area contributed by atoms with E-state index in [0.29, 0.717) is 19.0 Å². The van der Waals surface area contributed by atoms with E-state index in [2.05, 4.69) is 33.0 Å². The zero-order valence-electron chi connectivity index (χ0n) is 13.2. The Bertz CT molecular complexity index is 332. The summed E-state index contributed by atoms with van der Waals surface area (Å²) in [4.78, 5) is 24.6. The third kappa shape index (κ3) is 4.73. The fraction of sp³-hybridized carbons (Fsp3) is 0.857. The van der Waals surface area contributed by atoms with Gasteiger partial charge in [-0.1, -0.05) is 27.7 Å². The van der Waals surface area contributed by atoms with Crippen LogP contribution in [0.5, 0.6) is 0 Å². The molecule has 0 rings (SSSR count). The number of carbonyl (C=O) groups is 2. The summed E-state index contributed by atoms with van der Waals surface area (Å²) in [6.45, 7) is 14.1. The molecule has 19 heavy (non-hydrogen) atoms. The monoisotopic (exact) mass is 272 g/mol. The molecule has 0 heterocycles. The molecule has 0 fully saturated rings. The second kappa shape index (κ2) is 6.26.